The summed E-state index contributed by atoms with van der Waals surface area (Å²) < 4.78 is 5.21. The van der Waals surface area contributed by atoms with Gasteiger partial charge < -0.3 is 20.8 Å². The lowest BCUT2D eigenvalue weighted by Gasteiger charge is -2.17. The summed E-state index contributed by atoms with van der Waals surface area (Å²) in [5, 5.41) is 6.06. The Morgan fingerprint density at radius 3 is 2.14 bits per heavy atom. The molecule has 1 atom stereocenters. The molecule has 2 aromatic rings. The van der Waals surface area contributed by atoms with Crippen molar-refractivity contribution in [3.05, 3.63) is 40.2 Å². The number of carbonyl (C=O) groups is 3. The number of amides is 3. The molecule has 0 unspecified atom stereocenters. The van der Waals surface area contributed by atoms with Gasteiger partial charge in [0.1, 0.15) is 11.6 Å². The van der Waals surface area contributed by atoms with E-state index in [0.29, 0.717) is 17.7 Å². The van der Waals surface area contributed by atoms with E-state index in [1.807, 2.05) is 0 Å². The van der Waals surface area contributed by atoms with Gasteiger partial charge in [0.15, 0.2) is 0 Å². The second-order valence-electron chi connectivity index (χ2n) is 9.52. The van der Waals surface area contributed by atoms with Gasteiger partial charge in [0.05, 0.1) is 6.42 Å². The highest BCUT2D eigenvalue weighted by Gasteiger charge is 2.23. The van der Waals surface area contributed by atoms with Crippen molar-refractivity contribution < 1.29 is 18.8 Å². The van der Waals surface area contributed by atoms with E-state index in [-0.39, 0.29) is 12.3 Å². The molecule has 36 heavy (non-hydrogen) atoms. The van der Waals surface area contributed by atoms with Crippen molar-refractivity contribution in [3.63, 3.8) is 0 Å². The first-order chi connectivity index (χ1) is 17.3. The Hall–Kier alpha value is -3.16. The second kappa shape index (κ2) is 15.8. The molecule has 8 nitrogen and oxygen atoms in total. The molecule has 1 aromatic heterocycles. The van der Waals surface area contributed by atoms with Crippen LogP contribution in [0.25, 0.3) is 11.0 Å². The van der Waals surface area contributed by atoms with Crippen LogP contribution < -0.4 is 22.0 Å². The van der Waals surface area contributed by atoms with Crippen LogP contribution in [0.2, 0.25) is 0 Å². The van der Waals surface area contributed by atoms with Crippen molar-refractivity contribution in [2.24, 2.45) is 5.73 Å². The molecule has 2 rings (SSSR count). The highest BCUT2D eigenvalue weighted by molar-refractivity contribution is 6.00. The van der Waals surface area contributed by atoms with Gasteiger partial charge in [0.2, 0.25) is 17.7 Å². The van der Waals surface area contributed by atoms with Crippen LogP contribution in [0.3, 0.4) is 0 Å². The maximum Gasteiger partial charge on any atom is 0.336 e. The fourth-order valence-electron chi connectivity index (χ4n) is 4.26. The molecule has 1 aromatic carbocycles. The summed E-state index contributed by atoms with van der Waals surface area (Å²) in [6, 6.07) is 5.26. The van der Waals surface area contributed by atoms with Crippen molar-refractivity contribution in [1.29, 1.82) is 0 Å². The van der Waals surface area contributed by atoms with Gasteiger partial charge in [-0.2, -0.15) is 0 Å². The monoisotopic (exact) mass is 499 g/mol. The Balaban J connectivity index is 1.77. The molecule has 0 radical (unpaired) electrons. The van der Waals surface area contributed by atoms with E-state index in [2.05, 4.69) is 17.6 Å². The number of hydrogen-bond donors (Lipinski definition) is 3. The van der Waals surface area contributed by atoms with Crippen LogP contribution in [0.15, 0.2) is 33.5 Å². The molecular formula is C28H41N3O5. The molecule has 0 aliphatic rings. The average Bonchev–Trinajstić information content (AvgIpc) is 2.81. The predicted molar refractivity (Wildman–Crippen MR) is 143 cm³/mol. The number of fused-ring (bicyclic) bond motifs is 1. The van der Waals surface area contributed by atoms with Gasteiger partial charge in [0.25, 0.3) is 0 Å². The van der Waals surface area contributed by atoms with E-state index in [1.165, 1.54) is 63.5 Å². The highest BCUT2D eigenvalue weighted by atomic mass is 16.4. The van der Waals surface area contributed by atoms with E-state index < -0.39 is 23.5 Å². The standard InChI is InChI=1S/C28H41N3O5/c1-3-4-5-6-7-8-9-10-11-12-13-14-26(33)31-23(19-25(29)32)28(35)30-21-15-16-22-20(2)17-27(34)36-24(22)18-21/h15-18,23H,3-14,19H2,1-2H3,(H2,29,32)(H,30,35)(H,31,33)/t23-/m1/s1. The van der Waals surface area contributed by atoms with E-state index in [1.54, 1.807) is 19.1 Å². The van der Waals surface area contributed by atoms with Crippen LogP contribution >= 0.6 is 0 Å². The van der Waals surface area contributed by atoms with E-state index in [9.17, 15) is 19.2 Å². The van der Waals surface area contributed by atoms with E-state index in [0.717, 1.165) is 30.2 Å². The number of aryl methyl sites for hydroxylation is 1. The van der Waals surface area contributed by atoms with Crippen LogP contribution in [0.4, 0.5) is 5.69 Å². The van der Waals surface area contributed by atoms with Crippen LogP contribution in [0.5, 0.6) is 0 Å². The van der Waals surface area contributed by atoms with Crippen molar-refractivity contribution in [2.45, 2.75) is 103 Å². The minimum Gasteiger partial charge on any atom is -0.423 e. The zero-order valence-corrected chi connectivity index (χ0v) is 21.7. The Kier molecular flexibility index (Phi) is 12.7. The maximum atomic E-state index is 12.8. The minimum atomic E-state index is -1.08. The first kappa shape index (κ1) is 29.1. The lowest BCUT2D eigenvalue weighted by atomic mass is 10.0. The van der Waals surface area contributed by atoms with Gasteiger partial charge in [-0.25, -0.2) is 4.79 Å². The zero-order valence-electron chi connectivity index (χ0n) is 21.7. The second-order valence-corrected chi connectivity index (χ2v) is 9.52. The quantitative estimate of drug-likeness (QED) is 0.206. The number of rotatable bonds is 17. The van der Waals surface area contributed by atoms with Crippen LogP contribution in [0.1, 0.15) is 96.0 Å². The van der Waals surface area contributed by atoms with Gasteiger partial charge in [-0.1, -0.05) is 71.1 Å². The highest BCUT2D eigenvalue weighted by Crippen LogP contribution is 2.21. The fraction of sp³-hybridized carbons (Fsp3) is 0.571. The SMILES string of the molecule is CCCCCCCCCCCCCC(=O)N[C@H](CC(N)=O)C(=O)Nc1ccc2c(C)cc(=O)oc2c1. The number of benzene rings is 1. The average molecular weight is 500 g/mol. The van der Waals surface area contributed by atoms with Gasteiger partial charge in [0, 0.05) is 29.6 Å². The molecule has 0 saturated carbocycles. The lowest BCUT2D eigenvalue weighted by molar-refractivity contribution is -0.128. The molecule has 0 bridgehead atoms. The van der Waals surface area contributed by atoms with Crippen molar-refractivity contribution in [3.8, 4) is 0 Å². The summed E-state index contributed by atoms with van der Waals surface area (Å²) in [6.45, 7) is 4.02. The predicted octanol–water partition coefficient (Wildman–Crippen LogP) is 5.10. The number of anilines is 1. The molecular weight excluding hydrogens is 458 g/mol. The van der Waals surface area contributed by atoms with Gasteiger partial charge in [-0.3, -0.25) is 14.4 Å². The maximum absolute atomic E-state index is 12.8. The zero-order chi connectivity index (χ0) is 26.3. The third-order valence-electron chi connectivity index (χ3n) is 6.28. The number of nitrogens with two attached hydrogens (primary N) is 1. The van der Waals surface area contributed by atoms with Gasteiger partial charge in [-0.15, -0.1) is 0 Å². The summed E-state index contributed by atoms with van der Waals surface area (Å²) in [7, 11) is 0. The third kappa shape index (κ3) is 10.6. The Morgan fingerprint density at radius 1 is 0.917 bits per heavy atom. The van der Waals surface area contributed by atoms with Crippen molar-refractivity contribution in [1.82, 2.24) is 5.32 Å². The van der Waals surface area contributed by atoms with Crippen LogP contribution in [-0.2, 0) is 14.4 Å². The summed E-state index contributed by atoms with van der Waals surface area (Å²) in [5.41, 5.74) is 6.31. The topological polar surface area (TPSA) is 132 Å². The number of nitrogens with one attached hydrogen (secondary N) is 2. The molecule has 0 saturated heterocycles. The molecule has 0 aliphatic carbocycles. The molecule has 198 valence electrons. The van der Waals surface area contributed by atoms with Gasteiger partial charge in [-0.05, 0) is 31.0 Å². The smallest absolute Gasteiger partial charge is 0.336 e. The number of primary amides is 1. The Bertz CT molecular complexity index is 1060. The summed E-state index contributed by atoms with van der Waals surface area (Å²) in [4.78, 5) is 48.3. The summed E-state index contributed by atoms with van der Waals surface area (Å²) in [5.74, 6) is -1.53. The Labute approximate surface area is 213 Å². The van der Waals surface area contributed by atoms with Crippen LogP contribution in [0, 0.1) is 6.92 Å². The van der Waals surface area contributed by atoms with E-state index in [4.69, 9.17) is 10.2 Å². The molecule has 0 aliphatic heterocycles. The lowest BCUT2D eigenvalue weighted by Crippen LogP contribution is -2.46. The molecule has 8 heteroatoms. The minimum absolute atomic E-state index is 0.285. The van der Waals surface area contributed by atoms with Crippen molar-refractivity contribution >= 4 is 34.4 Å². The molecule has 1 heterocycles. The summed E-state index contributed by atoms with van der Waals surface area (Å²) >= 11 is 0. The Morgan fingerprint density at radius 2 is 1.53 bits per heavy atom. The normalized spacial score (nSPS) is 11.8. The first-order valence-corrected chi connectivity index (χ1v) is 13.2. The molecule has 4 N–H and O–H groups in total. The number of carbonyl (C=O) groups excluding carboxylic acids is 3. The van der Waals surface area contributed by atoms with Gasteiger partial charge >= 0.3 is 5.63 Å². The molecule has 0 spiro atoms. The largest absolute Gasteiger partial charge is 0.423 e. The number of unbranched alkanes of at least 4 members (excludes halogenated alkanes) is 10. The summed E-state index contributed by atoms with van der Waals surface area (Å²) in [6.07, 6.45) is 13.0. The van der Waals surface area contributed by atoms with Crippen molar-refractivity contribution in [2.75, 3.05) is 5.32 Å². The third-order valence-corrected chi connectivity index (χ3v) is 6.28. The number of hydrogen-bond acceptors (Lipinski definition) is 5. The first-order valence-electron chi connectivity index (χ1n) is 13.2. The molecule has 0 fully saturated rings. The van der Waals surface area contributed by atoms with Crippen LogP contribution in [-0.4, -0.2) is 23.8 Å². The van der Waals surface area contributed by atoms with E-state index >= 15 is 0 Å². The fourth-order valence-corrected chi connectivity index (χ4v) is 4.26. The molecule has 3 amide bonds.